The van der Waals surface area contributed by atoms with Crippen molar-refractivity contribution in [2.45, 2.75) is 46.0 Å². The summed E-state index contributed by atoms with van der Waals surface area (Å²) in [5, 5.41) is 9.32. The van der Waals surface area contributed by atoms with Crippen LogP contribution in [0.4, 0.5) is 0 Å². The summed E-state index contributed by atoms with van der Waals surface area (Å²) in [5.41, 5.74) is 4.71. The van der Waals surface area contributed by atoms with Gasteiger partial charge >= 0.3 is 5.97 Å². The Hall–Kier alpha value is -2.35. The first-order valence-corrected chi connectivity index (χ1v) is 8.99. The topological polar surface area (TPSA) is 37.3 Å². The zero-order valence-corrected chi connectivity index (χ0v) is 15.6. The molecule has 25 heavy (non-hydrogen) atoms. The molecule has 0 bridgehead atoms. The van der Waals surface area contributed by atoms with Crippen molar-refractivity contribution in [1.29, 1.82) is 0 Å². The molecule has 0 fully saturated rings. The van der Waals surface area contributed by atoms with Gasteiger partial charge in [0, 0.05) is 5.92 Å². The average Bonchev–Trinajstić information content (AvgIpc) is 2.65. The molecular weight excluding hydrogens is 308 g/mol. The largest absolute Gasteiger partial charge is 0.481 e. The minimum absolute atomic E-state index is 0.148. The van der Waals surface area contributed by atoms with E-state index in [9.17, 15) is 9.90 Å². The quantitative estimate of drug-likeness (QED) is 0.648. The maximum absolute atomic E-state index is 11.3. The zero-order chi connectivity index (χ0) is 18.4. The second kappa shape index (κ2) is 8.66. The van der Waals surface area contributed by atoms with E-state index in [4.69, 9.17) is 0 Å². The summed E-state index contributed by atoms with van der Waals surface area (Å²) < 4.78 is 0. The lowest BCUT2D eigenvalue weighted by molar-refractivity contribution is -0.139. The number of carbonyl (C=O) groups is 1. The van der Waals surface area contributed by atoms with Crippen molar-refractivity contribution < 1.29 is 9.90 Å². The van der Waals surface area contributed by atoms with Crippen molar-refractivity contribution in [2.24, 2.45) is 5.92 Å². The van der Waals surface area contributed by atoms with Gasteiger partial charge in [0.05, 0.1) is 5.92 Å². The molecule has 0 aliphatic rings. The van der Waals surface area contributed by atoms with Crippen LogP contribution in [0, 0.1) is 5.92 Å². The molecule has 0 radical (unpaired) electrons. The van der Waals surface area contributed by atoms with Crippen LogP contribution in [0.15, 0.2) is 66.2 Å². The number of carboxylic acid groups (broad SMARTS) is 1. The number of hydrogen-bond donors (Lipinski definition) is 1. The van der Waals surface area contributed by atoms with Crippen molar-refractivity contribution in [1.82, 2.24) is 0 Å². The summed E-state index contributed by atoms with van der Waals surface area (Å²) in [7, 11) is 0. The zero-order valence-electron chi connectivity index (χ0n) is 15.6. The van der Waals surface area contributed by atoms with Crippen LogP contribution in [0.1, 0.15) is 56.2 Å². The predicted octanol–water partition coefficient (Wildman–Crippen LogP) is 5.80. The van der Waals surface area contributed by atoms with Gasteiger partial charge in [-0.2, -0.15) is 0 Å². The maximum atomic E-state index is 11.3. The molecular formula is C23H28O2. The van der Waals surface area contributed by atoms with Crippen molar-refractivity contribution in [2.75, 3.05) is 0 Å². The Morgan fingerprint density at radius 2 is 1.60 bits per heavy atom. The highest BCUT2D eigenvalue weighted by atomic mass is 16.4. The fraction of sp³-hybridized carbons (Fsp3) is 0.348. The Morgan fingerprint density at radius 1 is 1.00 bits per heavy atom. The Balaban J connectivity index is 2.43. The lowest BCUT2D eigenvalue weighted by Gasteiger charge is -2.24. The molecule has 0 aliphatic carbocycles. The summed E-state index contributed by atoms with van der Waals surface area (Å²) in [4.78, 5) is 11.3. The summed E-state index contributed by atoms with van der Waals surface area (Å²) in [6.07, 6.45) is 3.15. The fourth-order valence-corrected chi connectivity index (χ4v) is 3.09. The molecule has 0 aliphatic heterocycles. The first-order valence-electron chi connectivity index (χ1n) is 8.99. The van der Waals surface area contributed by atoms with Crippen LogP contribution in [0.3, 0.4) is 0 Å². The molecule has 1 N–H and O–H groups in total. The number of rotatable bonds is 7. The SMILES string of the molecule is CCc1ccc(C(C=C(C)C(C)C(=O)O)C(C)c2ccccc2)cc1. The molecule has 3 unspecified atom stereocenters. The molecule has 0 spiro atoms. The van der Waals surface area contributed by atoms with Crippen LogP contribution in [0.5, 0.6) is 0 Å². The molecule has 132 valence electrons. The van der Waals surface area contributed by atoms with Gasteiger partial charge in [0.15, 0.2) is 0 Å². The van der Waals surface area contributed by atoms with Crippen LogP contribution in [0.25, 0.3) is 0 Å². The van der Waals surface area contributed by atoms with Gasteiger partial charge in [0.25, 0.3) is 0 Å². The van der Waals surface area contributed by atoms with E-state index < -0.39 is 11.9 Å². The van der Waals surface area contributed by atoms with Crippen LogP contribution in [-0.4, -0.2) is 11.1 Å². The molecule has 2 aromatic carbocycles. The Labute approximate surface area is 151 Å². The van der Waals surface area contributed by atoms with Crippen LogP contribution < -0.4 is 0 Å². The van der Waals surface area contributed by atoms with Gasteiger partial charge < -0.3 is 5.11 Å². The second-order valence-corrected chi connectivity index (χ2v) is 6.79. The maximum Gasteiger partial charge on any atom is 0.310 e. The number of aryl methyl sites for hydroxylation is 1. The van der Waals surface area contributed by atoms with E-state index in [0.717, 1.165) is 12.0 Å². The van der Waals surface area contributed by atoms with Gasteiger partial charge in [-0.3, -0.25) is 4.79 Å². The monoisotopic (exact) mass is 336 g/mol. The highest BCUT2D eigenvalue weighted by Gasteiger charge is 2.21. The Kier molecular flexibility index (Phi) is 6.58. The minimum atomic E-state index is -0.777. The van der Waals surface area contributed by atoms with E-state index in [1.54, 1.807) is 6.92 Å². The summed E-state index contributed by atoms with van der Waals surface area (Å²) in [6, 6.07) is 19.1. The number of allylic oxidation sites excluding steroid dienone is 1. The molecule has 2 heteroatoms. The minimum Gasteiger partial charge on any atom is -0.481 e. The third kappa shape index (κ3) is 4.82. The van der Waals surface area contributed by atoms with Gasteiger partial charge in [-0.15, -0.1) is 0 Å². The van der Waals surface area contributed by atoms with Crippen molar-refractivity contribution >= 4 is 5.97 Å². The summed E-state index contributed by atoms with van der Waals surface area (Å²) >= 11 is 0. The first kappa shape index (κ1) is 19.0. The lowest BCUT2D eigenvalue weighted by Crippen LogP contribution is -2.13. The third-order valence-electron chi connectivity index (χ3n) is 5.13. The number of hydrogen-bond acceptors (Lipinski definition) is 1. The third-order valence-corrected chi connectivity index (χ3v) is 5.13. The molecule has 2 rings (SSSR count). The van der Waals surface area contributed by atoms with Crippen molar-refractivity contribution in [3.05, 3.63) is 82.9 Å². The van der Waals surface area contributed by atoms with Crippen LogP contribution in [0.2, 0.25) is 0 Å². The first-order chi connectivity index (χ1) is 11.9. The molecule has 0 heterocycles. The van der Waals surface area contributed by atoms with Gasteiger partial charge in [0.1, 0.15) is 0 Å². The fourth-order valence-electron chi connectivity index (χ4n) is 3.09. The van der Waals surface area contributed by atoms with Crippen LogP contribution >= 0.6 is 0 Å². The van der Waals surface area contributed by atoms with Gasteiger partial charge in [-0.25, -0.2) is 0 Å². The standard InChI is InChI=1S/C23H28O2/c1-5-19-11-13-21(14-12-19)22(15-16(2)17(3)23(24)25)18(4)20-9-7-6-8-10-20/h6-15,17-18,22H,5H2,1-4H3,(H,24,25). The van der Waals surface area contributed by atoms with Gasteiger partial charge in [-0.05, 0) is 42.9 Å². The number of carboxylic acids is 1. The van der Waals surface area contributed by atoms with Gasteiger partial charge in [-0.1, -0.05) is 80.1 Å². The van der Waals surface area contributed by atoms with E-state index in [2.05, 4.69) is 68.5 Å². The van der Waals surface area contributed by atoms with E-state index in [1.807, 2.05) is 13.0 Å². The highest BCUT2D eigenvalue weighted by molar-refractivity contribution is 5.73. The lowest BCUT2D eigenvalue weighted by atomic mass is 9.80. The van der Waals surface area contributed by atoms with Crippen molar-refractivity contribution in [3.8, 4) is 0 Å². The molecule has 2 nitrogen and oxygen atoms in total. The second-order valence-electron chi connectivity index (χ2n) is 6.79. The summed E-state index contributed by atoms with van der Waals surface area (Å²) in [6.45, 7) is 8.03. The predicted molar refractivity (Wildman–Crippen MR) is 104 cm³/mol. The smallest absolute Gasteiger partial charge is 0.310 e. The average molecular weight is 336 g/mol. The van der Waals surface area contributed by atoms with Crippen LogP contribution in [-0.2, 0) is 11.2 Å². The molecule has 0 amide bonds. The molecule has 0 saturated heterocycles. The number of aliphatic carboxylic acids is 1. The van der Waals surface area contributed by atoms with E-state index in [-0.39, 0.29) is 11.8 Å². The van der Waals surface area contributed by atoms with Crippen molar-refractivity contribution in [3.63, 3.8) is 0 Å². The Bertz CT molecular complexity index is 714. The van der Waals surface area contributed by atoms with Gasteiger partial charge in [0.2, 0.25) is 0 Å². The molecule has 0 aromatic heterocycles. The van der Waals surface area contributed by atoms with E-state index >= 15 is 0 Å². The van der Waals surface area contributed by atoms with E-state index in [1.165, 1.54) is 16.7 Å². The van der Waals surface area contributed by atoms with E-state index in [0.29, 0.717) is 0 Å². The highest BCUT2D eigenvalue weighted by Crippen LogP contribution is 2.35. The Morgan fingerprint density at radius 3 is 2.12 bits per heavy atom. The summed E-state index contributed by atoms with van der Waals surface area (Å²) in [5.74, 6) is -0.832. The molecule has 0 saturated carbocycles. The number of benzene rings is 2. The molecule has 2 aromatic rings. The normalized spacial score (nSPS) is 15.4. The molecule has 3 atom stereocenters.